The standard InChI is InChI=1S/C16H21N3O2S2/c1-13(16-17-7-12-22-16)18-8-10-19(11-9-18)14-5-3-4-6-15(14)23(2,20)21/h3-7,12-13H,8-11H2,1-2H3. The average molecular weight is 351 g/mol. The largest absolute Gasteiger partial charge is 0.368 e. The summed E-state index contributed by atoms with van der Waals surface area (Å²) in [5.41, 5.74) is 0.816. The van der Waals surface area contributed by atoms with Crippen molar-refractivity contribution >= 4 is 26.9 Å². The summed E-state index contributed by atoms with van der Waals surface area (Å²) in [6.45, 7) is 5.63. The van der Waals surface area contributed by atoms with E-state index in [1.807, 2.05) is 23.7 Å². The highest BCUT2D eigenvalue weighted by atomic mass is 32.2. The molecule has 0 aliphatic carbocycles. The predicted octanol–water partition coefficient (Wildman–Crippen LogP) is 2.43. The Morgan fingerprint density at radius 3 is 2.48 bits per heavy atom. The molecule has 1 aromatic carbocycles. The van der Waals surface area contributed by atoms with Gasteiger partial charge in [0.15, 0.2) is 9.84 Å². The fraction of sp³-hybridized carbons (Fsp3) is 0.438. The molecule has 0 radical (unpaired) electrons. The van der Waals surface area contributed by atoms with Gasteiger partial charge in [0.05, 0.1) is 16.6 Å². The molecule has 1 atom stereocenters. The minimum absolute atomic E-state index is 0.308. The van der Waals surface area contributed by atoms with Crippen molar-refractivity contribution in [2.75, 3.05) is 37.3 Å². The molecule has 0 amide bonds. The summed E-state index contributed by atoms with van der Waals surface area (Å²) < 4.78 is 24.0. The van der Waals surface area contributed by atoms with Crippen LogP contribution in [0.15, 0.2) is 40.7 Å². The maximum absolute atomic E-state index is 12.0. The quantitative estimate of drug-likeness (QED) is 0.847. The van der Waals surface area contributed by atoms with Gasteiger partial charge in [0, 0.05) is 44.0 Å². The molecule has 1 aliphatic rings. The number of benzene rings is 1. The van der Waals surface area contributed by atoms with E-state index >= 15 is 0 Å². The van der Waals surface area contributed by atoms with Gasteiger partial charge in [0.2, 0.25) is 0 Å². The second-order valence-corrected chi connectivity index (χ2v) is 8.72. The average Bonchev–Trinajstić information content (AvgIpc) is 3.08. The summed E-state index contributed by atoms with van der Waals surface area (Å²) in [7, 11) is -3.21. The summed E-state index contributed by atoms with van der Waals surface area (Å²) in [4.78, 5) is 9.39. The monoisotopic (exact) mass is 351 g/mol. The van der Waals surface area contributed by atoms with E-state index in [0.717, 1.165) is 36.9 Å². The van der Waals surface area contributed by atoms with Crippen LogP contribution in [0.2, 0.25) is 0 Å². The molecule has 0 bridgehead atoms. The number of para-hydroxylation sites is 1. The van der Waals surface area contributed by atoms with E-state index in [0.29, 0.717) is 10.9 Å². The fourth-order valence-corrected chi connectivity index (χ4v) is 4.61. The number of piperazine rings is 1. The molecular formula is C16H21N3O2S2. The van der Waals surface area contributed by atoms with Gasteiger partial charge in [-0.3, -0.25) is 4.90 Å². The lowest BCUT2D eigenvalue weighted by Gasteiger charge is -2.39. The Labute approximate surface area is 141 Å². The molecule has 1 aliphatic heterocycles. The SMILES string of the molecule is CC(c1nccs1)N1CCN(c2ccccc2S(C)(=O)=O)CC1. The normalized spacial score (nSPS) is 18.1. The third kappa shape index (κ3) is 3.57. The lowest BCUT2D eigenvalue weighted by atomic mass is 10.2. The number of nitrogens with zero attached hydrogens (tertiary/aromatic N) is 3. The molecule has 2 aromatic rings. The van der Waals surface area contributed by atoms with E-state index < -0.39 is 9.84 Å². The van der Waals surface area contributed by atoms with Crippen molar-refractivity contribution in [3.05, 3.63) is 40.8 Å². The van der Waals surface area contributed by atoms with Crippen LogP contribution in [0.25, 0.3) is 0 Å². The second-order valence-electron chi connectivity index (χ2n) is 5.81. The Bertz CT molecular complexity index is 751. The summed E-state index contributed by atoms with van der Waals surface area (Å²) >= 11 is 1.68. The Kier molecular flexibility index (Phi) is 4.70. The Morgan fingerprint density at radius 2 is 1.87 bits per heavy atom. The Balaban J connectivity index is 1.73. The lowest BCUT2D eigenvalue weighted by Crippen LogP contribution is -2.47. The van der Waals surface area contributed by atoms with E-state index in [2.05, 4.69) is 21.7 Å². The third-order valence-electron chi connectivity index (χ3n) is 4.28. The summed E-state index contributed by atoms with van der Waals surface area (Å²) in [6, 6.07) is 7.57. The lowest BCUT2D eigenvalue weighted by molar-refractivity contribution is 0.198. The van der Waals surface area contributed by atoms with Crippen molar-refractivity contribution in [2.24, 2.45) is 0 Å². The van der Waals surface area contributed by atoms with Crippen molar-refractivity contribution in [3.8, 4) is 0 Å². The molecule has 1 saturated heterocycles. The highest BCUT2D eigenvalue weighted by Crippen LogP contribution is 2.28. The molecule has 0 spiro atoms. The smallest absolute Gasteiger partial charge is 0.177 e. The van der Waals surface area contributed by atoms with Crippen molar-refractivity contribution in [1.82, 2.24) is 9.88 Å². The van der Waals surface area contributed by atoms with Crippen LogP contribution in [0.4, 0.5) is 5.69 Å². The molecule has 1 unspecified atom stereocenters. The number of hydrogen-bond acceptors (Lipinski definition) is 6. The first-order chi connectivity index (χ1) is 11.0. The molecule has 124 valence electrons. The van der Waals surface area contributed by atoms with Gasteiger partial charge in [-0.15, -0.1) is 11.3 Å². The summed E-state index contributed by atoms with van der Waals surface area (Å²) in [5, 5.41) is 3.14. The van der Waals surface area contributed by atoms with Gasteiger partial charge in [-0.1, -0.05) is 12.1 Å². The van der Waals surface area contributed by atoms with Crippen LogP contribution in [0, 0.1) is 0 Å². The third-order valence-corrected chi connectivity index (χ3v) is 6.37. The highest BCUT2D eigenvalue weighted by molar-refractivity contribution is 7.90. The summed E-state index contributed by atoms with van der Waals surface area (Å²) in [6.07, 6.45) is 3.11. The van der Waals surface area contributed by atoms with E-state index in [9.17, 15) is 8.42 Å². The first kappa shape index (κ1) is 16.4. The van der Waals surface area contributed by atoms with E-state index in [1.54, 1.807) is 23.5 Å². The van der Waals surface area contributed by atoms with E-state index in [-0.39, 0.29) is 0 Å². The van der Waals surface area contributed by atoms with Gasteiger partial charge in [0.1, 0.15) is 5.01 Å². The van der Waals surface area contributed by atoms with Gasteiger partial charge >= 0.3 is 0 Å². The minimum Gasteiger partial charge on any atom is -0.368 e. The van der Waals surface area contributed by atoms with Crippen LogP contribution < -0.4 is 4.90 Å². The first-order valence-electron chi connectivity index (χ1n) is 7.64. The molecule has 5 nitrogen and oxygen atoms in total. The maximum atomic E-state index is 12.0. The zero-order valence-electron chi connectivity index (χ0n) is 13.3. The van der Waals surface area contributed by atoms with Crippen LogP contribution in [0.3, 0.4) is 0 Å². The first-order valence-corrected chi connectivity index (χ1v) is 10.4. The Morgan fingerprint density at radius 1 is 1.17 bits per heavy atom. The molecule has 3 rings (SSSR count). The zero-order chi connectivity index (χ0) is 16.4. The van der Waals surface area contributed by atoms with Crippen molar-refractivity contribution in [1.29, 1.82) is 0 Å². The van der Waals surface area contributed by atoms with Gasteiger partial charge in [-0.25, -0.2) is 13.4 Å². The van der Waals surface area contributed by atoms with Crippen LogP contribution in [-0.4, -0.2) is 50.7 Å². The number of thiazole rings is 1. The van der Waals surface area contributed by atoms with Gasteiger partial charge in [-0.2, -0.15) is 0 Å². The van der Waals surface area contributed by atoms with Crippen LogP contribution in [0.5, 0.6) is 0 Å². The number of hydrogen-bond donors (Lipinski definition) is 0. The predicted molar refractivity (Wildman–Crippen MR) is 93.9 cm³/mol. The second kappa shape index (κ2) is 6.59. The molecular weight excluding hydrogens is 330 g/mol. The van der Waals surface area contributed by atoms with Gasteiger partial charge in [0.25, 0.3) is 0 Å². The van der Waals surface area contributed by atoms with Crippen LogP contribution in [0.1, 0.15) is 18.0 Å². The number of aromatic nitrogens is 1. The highest BCUT2D eigenvalue weighted by Gasteiger charge is 2.25. The summed E-state index contributed by atoms with van der Waals surface area (Å²) in [5.74, 6) is 0. The van der Waals surface area contributed by atoms with Crippen molar-refractivity contribution in [2.45, 2.75) is 17.9 Å². The van der Waals surface area contributed by atoms with Crippen molar-refractivity contribution < 1.29 is 8.42 Å². The topological polar surface area (TPSA) is 53.5 Å². The van der Waals surface area contributed by atoms with E-state index in [1.165, 1.54) is 6.26 Å². The number of rotatable bonds is 4. The molecule has 1 aromatic heterocycles. The number of sulfone groups is 1. The molecule has 0 N–H and O–H groups in total. The van der Waals surface area contributed by atoms with Crippen molar-refractivity contribution in [3.63, 3.8) is 0 Å². The van der Waals surface area contributed by atoms with Crippen LogP contribution in [-0.2, 0) is 9.84 Å². The van der Waals surface area contributed by atoms with Crippen LogP contribution >= 0.6 is 11.3 Å². The molecule has 2 heterocycles. The zero-order valence-corrected chi connectivity index (χ0v) is 15.0. The molecule has 0 saturated carbocycles. The minimum atomic E-state index is -3.21. The van der Waals surface area contributed by atoms with Gasteiger partial charge in [-0.05, 0) is 19.1 Å². The molecule has 23 heavy (non-hydrogen) atoms. The Hall–Kier alpha value is -1.44. The van der Waals surface area contributed by atoms with E-state index in [4.69, 9.17) is 0 Å². The maximum Gasteiger partial charge on any atom is 0.177 e. The number of anilines is 1. The van der Waals surface area contributed by atoms with Gasteiger partial charge < -0.3 is 4.90 Å². The molecule has 7 heteroatoms. The molecule has 1 fully saturated rings. The fourth-order valence-electron chi connectivity index (χ4n) is 2.98.